The van der Waals surface area contributed by atoms with Crippen molar-refractivity contribution >= 4 is 66.7 Å². The topological polar surface area (TPSA) is 86.8 Å². The molecule has 7 nitrogen and oxygen atoms in total. The number of amides is 2. The highest BCUT2D eigenvalue weighted by atomic mass is 79.9. The van der Waals surface area contributed by atoms with Gasteiger partial charge < -0.3 is 10.2 Å². The third-order valence-electron chi connectivity index (χ3n) is 7.01. The summed E-state index contributed by atoms with van der Waals surface area (Å²) in [6.07, 6.45) is 0.222. The Hall–Kier alpha value is -3.37. The summed E-state index contributed by atoms with van der Waals surface area (Å²) < 4.78 is 30.0. The average Bonchev–Trinajstić information content (AvgIpc) is 3.02. The van der Waals surface area contributed by atoms with Gasteiger partial charge in [-0.2, -0.15) is 0 Å². The molecule has 0 unspecified atom stereocenters. The third kappa shape index (κ3) is 9.33. The van der Waals surface area contributed by atoms with Crippen molar-refractivity contribution in [2.24, 2.45) is 5.92 Å². The minimum atomic E-state index is -4.27. The molecule has 0 bridgehead atoms. The van der Waals surface area contributed by atoms with Crippen molar-refractivity contribution in [1.29, 1.82) is 0 Å². The Kier molecular flexibility index (Phi) is 12.1. The van der Waals surface area contributed by atoms with E-state index < -0.39 is 28.5 Å². The zero-order valence-electron chi connectivity index (χ0n) is 24.9. The van der Waals surface area contributed by atoms with Gasteiger partial charge in [0.25, 0.3) is 10.0 Å². The van der Waals surface area contributed by atoms with E-state index in [1.807, 2.05) is 68.4 Å². The molecule has 0 heterocycles. The van der Waals surface area contributed by atoms with Crippen molar-refractivity contribution in [1.82, 2.24) is 10.2 Å². The fourth-order valence-corrected chi connectivity index (χ4v) is 6.96. The highest BCUT2D eigenvalue weighted by Gasteiger charge is 2.35. The van der Waals surface area contributed by atoms with Gasteiger partial charge in [-0.15, -0.1) is 0 Å². The fourth-order valence-electron chi connectivity index (χ4n) is 4.68. The van der Waals surface area contributed by atoms with Gasteiger partial charge in [0.1, 0.15) is 12.6 Å². The van der Waals surface area contributed by atoms with Crippen molar-refractivity contribution in [2.75, 3.05) is 17.4 Å². The molecule has 11 heteroatoms. The third-order valence-corrected chi connectivity index (χ3v) is 9.85. The van der Waals surface area contributed by atoms with Gasteiger partial charge in [0.05, 0.1) is 15.6 Å². The lowest BCUT2D eigenvalue weighted by molar-refractivity contribution is -0.140. The summed E-state index contributed by atoms with van der Waals surface area (Å²) >= 11 is 16.1. The summed E-state index contributed by atoms with van der Waals surface area (Å²) in [6.45, 7) is 3.84. The summed E-state index contributed by atoms with van der Waals surface area (Å²) in [5.41, 5.74) is 1.71. The van der Waals surface area contributed by atoms with Gasteiger partial charge >= 0.3 is 0 Å². The van der Waals surface area contributed by atoms with E-state index in [9.17, 15) is 18.0 Å². The maximum Gasteiger partial charge on any atom is 0.264 e. The van der Waals surface area contributed by atoms with Crippen LogP contribution in [0.3, 0.4) is 0 Å². The lowest BCUT2D eigenvalue weighted by Crippen LogP contribution is -2.53. The number of sulfonamides is 1. The number of nitrogens with one attached hydrogen (secondary N) is 1. The molecule has 0 saturated heterocycles. The summed E-state index contributed by atoms with van der Waals surface area (Å²) in [4.78, 5) is 29.8. The molecule has 0 aliphatic carbocycles. The predicted molar refractivity (Wildman–Crippen MR) is 184 cm³/mol. The molecule has 4 aromatic rings. The Balaban J connectivity index is 1.81. The fraction of sp³-hybridized carbons (Fsp3) is 0.235. The van der Waals surface area contributed by atoms with E-state index in [2.05, 4.69) is 21.2 Å². The van der Waals surface area contributed by atoms with E-state index in [0.29, 0.717) is 11.6 Å². The van der Waals surface area contributed by atoms with E-state index in [-0.39, 0.29) is 40.4 Å². The first-order chi connectivity index (χ1) is 21.5. The zero-order valence-corrected chi connectivity index (χ0v) is 28.8. The number of nitrogens with zero attached hydrogens (tertiary/aromatic N) is 2. The predicted octanol–water partition coefficient (Wildman–Crippen LogP) is 7.36. The summed E-state index contributed by atoms with van der Waals surface area (Å²) in [6, 6.07) is 28.1. The number of benzene rings is 4. The Labute approximate surface area is 283 Å². The van der Waals surface area contributed by atoms with Crippen LogP contribution in [0.15, 0.2) is 112 Å². The molecule has 45 heavy (non-hydrogen) atoms. The molecule has 1 N–H and O–H groups in total. The number of rotatable bonds is 13. The summed E-state index contributed by atoms with van der Waals surface area (Å²) in [7, 11) is -4.27. The van der Waals surface area contributed by atoms with Gasteiger partial charge in [-0.1, -0.05) is 114 Å². The maximum absolute atomic E-state index is 14.5. The number of anilines is 1. The molecule has 0 aliphatic rings. The van der Waals surface area contributed by atoms with Crippen LogP contribution < -0.4 is 9.62 Å². The van der Waals surface area contributed by atoms with E-state index in [1.54, 1.807) is 18.2 Å². The lowest BCUT2D eigenvalue weighted by Gasteiger charge is -2.34. The zero-order chi connectivity index (χ0) is 32.6. The van der Waals surface area contributed by atoms with E-state index >= 15 is 0 Å². The molecule has 1 atom stereocenters. The molecule has 236 valence electrons. The molecule has 0 saturated carbocycles. The molecule has 0 fully saturated rings. The van der Waals surface area contributed by atoms with E-state index in [1.165, 1.54) is 35.2 Å². The second-order valence-corrected chi connectivity index (χ2v) is 14.5. The van der Waals surface area contributed by atoms with Crippen molar-refractivity contribution in [3.63, 3.8) is 0 Å². The maximum atomic E-state index is 14.5. The molecule has 0 aliphatic heterocycles. The van der Waals surface area contributed by atoms with Crippen molar-refractivity contribution in [2.45, 2.75) is 37.8 Å². The summed E-state index contributed by atoms with van der Waals surface area (Å²) in [5, 5.41) is 3.35. The van der Waals surface area contributed by atoms with Crippen LogP contribution in [-0.2, 0) is 32.6 Å². The standard InChI is InChI=1S/C34H34BrCl2N3O4S/c1-24(2)21-38-34(42)32(19-25-9-5-3-6-10-25)39(22-26-13-15-27(35)16-14-26)33(41)23-40(31-18-17-28(36)20-30(31)37)45(43,44)29-11-7-4-8-12-29/h3-18,20,24,32H,19,21-23H2,1-2H3,(H,38,42)/t32-/m0/s1. The largest absolute Gasteiger partial charge is 0.354 e. The first kappa shape index (κ1) is 34.5. The van der Waals surface area contributed by atoms with Gasteiger partial charge in [0, 0.05) is 29.0 Å². The smallest absolute Gasteiger partial charge is 0.264 e. The molecule has 0 radical (unpaired) electrons. The molecular formula is C34H34BrCl2N3O4S. The van der Waals surface area contributed by atoms with Gasteiger partial charge in [-0.05, 0) is 59.5 Å². The molecule has 0 aromatic heterocycles. The SMILES string of the molecule is CC(C)CNC(=O)[C@H](Cc1ccccc1)N(Cc1ccc(Br)cc1)C(=O)CN(c1ccc(Cl)cc1Cl)S(=O)(=O)c1ccccc1. The van der Waals surface area contributed by atoms with Crippen LogP contribution in [0.1, 0.15) is 25.0 Å². The monoisotopic (exact) mass is 729 g/mol. The van der Waals surface area contributed by atoms with Crippen LogP contribution in [0.2, 0.25) is 10.0 Å². The molecule has 4 rings (SSSR count). The Morgan fingerprint density at radius 3 is 2.07 bits per heavy atom. The molecule has 2 amide bonds. The van der Waals surface area contributed by atoms with Gasteiger partial charge in [-0.25, -0.2) is 8.42 Å². The number of carbonyl (C=O) groups excluding carboxylic acids is 2. The Morgan fingerprint density at radius 2 is 1.47 bits per heavy atom. The minimum Gasteiger partial charge on any atom is -0.354 e. The minimum absolute atomic E-state index is 0.0150. The van der Waals surface area contributed by atoms with Gasteiger partial charge in [0.2, 0.25) is 11.8 Å². The summed E-state index contributed by atoms with van der Waals surface area (Å²) in [5.74, 6) is -0.732. The first-order valence-corrected chi connectivity index (χ1v) is 17.3. The Bertz CT molecular complexity index is 1710. The number of hydrogen-bond acceptors (Lipinski definition) is 4. The quantitative estimate of drug-likeness (QED) is 0.156. The molecular weight excluding hydrogens is 697 g/mol. The highest BCUT2D eigenvalue weighted by Crippen LogP contribution is 2.33. The van der Waals surface area contributed by atoms with Crippen LogP contribution in [0, 0.1) is 5.92 Å². The number of hydrogen-bond donors (Lipinski definition) is 1. The number of carbonyl (C=O) groups is 2. The van der Waals surface area contributed by atoms with Crippen LogP contribution >= 0.6 is 39.1 Å². The van der Waals surface area contributed by atoms with Crippen LogP contribution in [-0.4, -0.2) is 44.3 Å². The van der Waals surface area contributed by atoms with E-state index in [4.69, 9.17) is 23.2 Å². The van der Waals surface area contributed by atoms with Crippen LogP contribution in [0.4, 0.5) is 5.69 Å². The van der Waals surface area contributed by atoms with Crippen molar-refractivity contribution < 1.29 is 18.0 Å². The van der Waals surface area contributed by atoms with Gasteiger partial charge in [-0.3, -0.25) is 13.9 Å². The van der Waals surface area contributed by atoms with Crippen LogP contribution in [0.5, 0.6) is 0 Å². The van der Waals surface area contributed by atoms with Crippen molar-refractivity contribution in [3.8, 4) is 0 Å². The van der Waals surface area contributed by atoms with Gasteiger partial charge in [0.15, 0.2) is 0 Å². The highest BCUT2D eigenvalue weighted by molar-refractivity contribution is 9.10. The average molecular weight is 732 g/mol. The number of halogens is 3. The normalized spacial score (nSPS) is 12.0. The van der Waals surface area contributed by atoms with E-state index in [0.717, 1.165) is 19.9 Å². The first-order valence-electron chi connectivity index (χ1n) is 14.3. The second kappa shape index (κ2) is 15.8. The van der Waals surface area contributed by atoms with Crippen molar-refractivity contribution in [3.05, 3.63) is 129 Å². The molecule has 4 aromatic carbocycles. The molecule has 0 spiro atoms. The Morgan fingerprint density at radius 1 is 0.844 bits per heavy atom. The lowest BCUT2D eigenvalue weighted by atomic mass is 10.0. The van der Waals surface area contributed by atoms with Crippen LogP contribution in [0.25, 0.3) is 0 Å². The second-order valence-electron chi connectivity index (χ2n) is 10.9.